The molecule has 5 heteroatoms. The van der Waals surface area contributed by atoms with E-state index in [0.717, 1.165) is 18.5 Å². The van der Waals surface area contributed by atoms with E-state index in [0.29, 0.717) is 10.8 Å². The van der Waals surface area contributed by atoms with Crippen molar-refractivity contribution < 1.29 is 4.79 Å². The number of carbonyl (C=O) groups is 1. The second kappa shape index (κ2) is 7.01. The summed E-state index contributed by atoms with van der Waals surface area (Å²) in [6.45, 7) is 1.85. The minimum absolute atomic E-state index is 0.117. The lowest BCUT2D eigenvalue weighted by molar-refractivity contribution is -0.116. The molecule has 120 valence electrons. The maximum absolute atomic E-state index is 12.3. The van der Waals surface area contributed by atoms with Crippen molar-refractivity contribution in [2.45, 2.75) is 38.6 Å². The van der Waals surface area contributed by atoms with Crippen LogP contribution in [0.25, 0.3) is 0 Å². The molecule has 1 aliphatic rings. The van der Waals surface area contributed by atoms with Crippen LogP contribution in [0.1, 0.15) is 30.9 Å². The van der Waals surface area contributed by atoms with Crippen LogP contribution >= 0.6 is 11.6 Å². The predicted octanol–water partition coefficient (Wildman–Crippen LogP) is 4.05. The van der Waals surface area contributed by atoms with Crippen molar-refractivity contribution in [1.82, 2.24) is 4.98 Å². The Bertz CT molecular complexity index is 700. The fourth-order valence-corrected chi connectivity index (χ4v) is 3.01. The van der Waals surface area contributed by atoms with Crippen LogP contribution in [-0.4, -0.2) is 16.9 Å². The summed E-state index contributed by atoms with van der Waals surface area (Å²) in [5.74, 6) is 0.386. The zero-order valence-electron chi connectivity index (χ0n) is 13.1. The van der Waals surface area contributed by atoms with Gasteiger partial charge in [0.1, 0.15) is 11.9 Å². The van der Waals surface area contributed by atoms with Crippen LogP contribution in [0.3, 0.4) is 0 Å². The third-order valence-corrected chi connectivity index (χ3v) is 4.36. The first-order valence-corrected chi connectivity index (χ1v) is 8.31. The van der Waals surface area contributed by atoms with Crippen LogP contribution in [-0.2, 0) is 17.6 Å². The number of anilines is 2. The molecule has 1 aromatic carbocycles. The van der Waals surface area contributed by atoms with E-state index < -0.39 is 0 Å². The molecule has 1 aliphatic carbocycles. The molecule has 3 rings (SSSR count). The van der Waals surface area contributed by atoms with Crippen molar-refractivity contribution in [3.63, 3.8) is 0 Å². The molecule has 0 radical (unpaired) electrons. The lowest BCUT2D eigenvalue weighted by Gasteiger charge is -2.22. The van der Waals surface area contributed by atoms with E-state index in [-0.39, 0.29) is 11.9 Å². The van der Waals surface area contributed by atoms with E-state index in [1.54, 1.807) is 12.1 Å². The molecule has 0 bridgehead atoms. The Labute approximate surface area is 141 Å². The molecule has 0 aliphatic heterocycles. The summed E-state index contributed by atoms with van der Waals surface area (Å²) >= 11 is 5.80. The molecule has 4 nitrogen and oxygen atoms in total. The maximum atomic E-state index is 12.3. The molecule has 1 aromatic heterocycles. The maximum Gasteiger partial charge on any atom is 0.247 e. The highest BCUT2D eigenvalue weighted by molar-refractivity contribution is 6.30. The fourth-order valence-electron chi connectivity index (χ4n) is 2.90. The Morgan fingerprint density at radius 2 is 2.04 bits per heavy atom. The van der Waals surface area contributed by atoms with E-state index in [9.17, 15) is 4.79 Å². The minimum Gasteiger partial charge on any atom is -0.374 e. The second-order valence-electron chi connectivity index (χ2n) is 5.87. The van der Waals surface area contributed by atoms with Gasteiger partial charge in [0, 0.05) is 11.9 Å². The zero-order chi connectivity index (χ0) is 16.2. The summed E-state index contributed by atoms with van der Waals surface area (Å²) in [5, 5.41) is 6.68. The van der Waals surface area contributed by atoms with E-state index in [1.807, 2.05) is 6.92 Å². The lowest BCUT2D eigenvalue weighted by atomic mass is 9.90. The van der Waals surface area contributed by atoms with Crippen LogP contribution in [0.2, 0.25) is 5.02 Å². The van der Waals surface area contributed by atoms with E-state index in [4.69, 9.17) is 11.6 Å². The minimum atomic E-state index is -0.346. The van der Waals surface area contributed by atoms with E-state index in [2.05, 4.69) is 33.8 Å². The topological polar surface area (TPSA) is 54.0 Å². The Morgan fingerprint density at radius 1 is 1.22 bits per heavy atom. The molecule has 23 heavy (non-hydrogen) atoms. The lowest BCUT2D eigenvalue weighted by Crippen LogP contribution is -2.32. The number of nitrogens with one attached hydrogen (secondary N) is 2. The van der Waals surface area contributed by atoms with Crippen LogP contribution in [0.5, 0.6) is 0 Å². The van der Waals surface area contributed by atoms with Gasteiger partial charge in [0.25, 0.3) is 0 Å². The quantitative estimate of drug-likeness (QED) is 0.889. The number of fused-ring (bicyclic) bond motifs is 1. The molecule has 0 spiro atoms. The van der Waals surface area contributed by atoms with Crippen molar-refractivity contribution in [1.29, 1.82) is 0 Å². The number of hydrogen-bond acceptors (Lipinski definition) is 3. The summed E-state index contributed by atoms with van der Waals surface area (Å²) in [4.78, 5) is 16.4. The summed E-state index contributed by atoms with van der Waals surface area (Å²) in [6, 6.07) is 9.34. The molecule has 2 N–H and O–H groups in total. The summed E-state index contributed by atoms with van der Waals surface area (Å²) < 4.78 is 0. The van der Waals surface area contributed by atoms with Gasteiger partial charge in [-0.3, -0.25) is 4.79 Å². The summed E-state index contributed by atoms with van der Waals surface area (Å²) in [7, 11) is 0. The molecule has 2 aromatic rings. The van der Waals surface area contributed by atoms with Gasteiger partial charge in [-0.05, 0) is 61.9 Å². The van der Waals surface area contributed by atoms with Gasteiger partial charge in [0.15, 0.2) is 0 Å². The highest BCUT2D eigenvalue weighted by Gasteiger charge is 2.17. The zero-order valence-corrected chi connectivity index (χ0v) is 13.9. The van der Waals surface area contributed by atoms with Crippen molar-refractivity contribution >= 4 is 29.0 Å². The molecule has 1 amide bonds. The highest BCUT2D eigenvalue weighted by Crippen LogP contribution is 2.28. The first kappa shape index (κ1) is 15.8. The standard InChI is InChI=1S/C18H20ClN3O/c1-12(18(23)22-17-10-9-14(19)11-20-17)21-16-8-4-6-13-5-2-3-7-15(13)16/h4,6,8-12,21H,2-3,5,7H2,1H3,(H,20,22,23). The molecule has 1 unspecified atom stereocenters. The van der Waals surface area contributed by atoms with Gasteiger partial charge in [-0.15, -0.1) is 0 Å². The number of halogens is 1. The average molecular weight is 330 g/mol. The second-order valence-corrected chi connectivity index (χ2v) is 6.30. The normalized spacial score (nSPS) is 14.7. The Kier molecular flexibility index (Phi) is 4.82. The van der Waals surface area contributed by atoms with Crippen molar-refractivity contribution in [2.75, 3.05) is 10.6 Å². The van der Waals surface area contributed by atoms with Gasteiger partial charge in [-0.1, -0.05) is 23.7 Å². The molecule has 1 heterocycles. The van der Waals surface area contributed by atoms with Crippen LogP contribution in [0.15, 0.2) is 36.5 Å². The fraction of sp³-hybridized carbons (Fsp3) is 0.333. The van der Waals surface area contributed by atoms with Gasteiger partial charge in [0.05, 0.1) is 5.02 Å². The number of amides is 1. The van der Waals surface area contributed by atoms with Gasteiger partial charge in [0.2, 0.25) is 5.91 Å². The average Bonchev–Trinajstić information content (AvgIpc) is 2.57. The van der Waals surface area contributed by atoms with E-state index >= 15 is 0 Å². The van der Waals surface area contributed by atoms with Crippen molar-refractivity contribution in [2.24, 2.45) is 0 Å². The van der Waals surface area contributed by atoms with Crippen molar-refractivity contribution in [3.05, 3.63) is 52.7 Å². The molecule has 1 atom stereocenters. The van der Waals surface area contributed by atoms with Crippen LogP contribution in [0.4, 0.5) is 11.5 Å². The third-order valence-electron chi connectivity index (χ3n) is 4.14. The number of pyridine rings is 1. The monoisotopic (exact) mass is 329 g/mol. The van der Waals surface area contributed by atoms with Gasteiger partial charge in [-0.2, -0.15) is 0 Å². The number of aryl methyl sites for hydroxylation is 1. The number of rotatable bonds is 4. The summed E-state index contributed by atoms with van der Waals surface area (Å²) in [5.41, 5.74) is 3.81. The number of benzene rings is 1. The van der Waals surface area contributed by atoms with Gasteiger partial charge in [-0.25, -0.2) is 4.98 Å². The molecule has 0 saturated heterocycles. The molecular formula is C18H20ClN3O. The largest absolute Gasteiger partial charge is 0.374 e. The van der Waals surface area contributed by atoms with Gasteiger partial charge < -0.3 is 10.6 Å². The van der Waals surface area contributed by atoms with Gasteiger partial charge >= 0.3 is 0 Å². The van der Waals surface area contributed by atoms with E-state index in [1.165, 1.54) is 30.2 Å². The number of hydrogen-bond donors (Lipinski definition) is 2. The first-order chi connectivity index (χ1) is 11.1. The Balaban J connectivity index is 1.68. The Hall–Kier alpha value is -2.07. The number of aromatic nitrogens is 1. The first-order valence-electron chi connectivity index (χ1n) is 7.93. The smallest absolute Gasteiger partial charge is 0.247 e. The predicted molar refractivity (Wildman–Crippen MR) is 94.0 cm³/mol. The van der Waals surface area contributed by atoms with Crippen LogP contribution in [0, 0.1) is 0 Å². The molecular weight excluding hydrogens is 310 g/mol. The highest BCUT2D eigenvalue weighted by atomic mass is 35.5. The van der Waals surface area contributed by atoms with Crippen LogP contribution < -0.4 is 10.6 Å². The summed E-state index contributed by atoms with van der Waals surface area (Å²) in [6.07, 6.45) is 6.17. The Morgan fingerprint density at radius 3 is 2.83 bits per heavy atom. The number of carbonyl (C=O) groups excluding carboxylic acids is 1. The SMILES string of the molecule is CC(Nc1cccc2c1CCCC2)C(=O)Nc1ccc(Cl)cn1. The molecule has 0 fully saturated rings. The van der Waals surface area contributed by atoms with Crippen molar-refractivity contribution in [3.8, 4) is 0 Å². The third kappa shape index (κ3) is 3.82. The number of nitrogens with zero attached hydrogens (tertiary/aromatic N) is 1. The molecule has 0 saturated carbocycles.